The summed E-state index contributed by atoms with van der Waals surface area (Å²) in [7, 11) is 0. The predicted octanol–water partition coefficient (Wildman–Crippen LogP) is 3.55. The lowest BCUT2D eigenvalue weighted by atomic mass is 10.1. The van der Waals surface area contributed by atoms with Crippen LogP contribution in [0, 0.1) is 12.7 Å². The number of halogens is 1. The summed E-state index contributed by atoms with van der Waals surface area (Å²) >= 11 is 0. The SMILES string of the molecule is Cc1ccc2c(c1)CC[C@@H]2NC(=O)c1ccc(F)cc1. The molecule has 102 valence electrons. The first-order chi connectivity index (χ1) is 9.63. The van der Waals surface area contributed by atoms with Crippen LogP contribution in [0.4, 0.5) is 4.39 Å². The van der Waals surface area contributed by atoms with Gasteiger partial charge in [-0.05, 0) is 55.2 Å². The molecule has 3 rings (SSSR count). The van der Waals surface area contributed by atoms with Crippen LogP contribution >= 0.6 is 0 Å². The average molecular weight is 269 g/mol. The summed E-state index contributed by atoms with van der Waals surface area (Å²) in [5, 5.41) is 3.03. The molecule has 0 fully saturated rings. The van der Waals surface area contributed by atoms with Gasteiger partial charge in [0.2, 0.25) is 0 Å². The Morgan fingerprint density at radius 1 is 1.20 bits per heavy atom. The zero-order valence-electron chi connectivity index (χ0n) is 11.3. The third kappa shape index (κ3) is 2.44. The molecule has 2 nitrogen and oxygen atoms in total. The third-order valence-corrected chi connectivity index (χ3v) is 3.79. The Morgan fingerprint density at radius 2 is 1.95 bits per heavy atom. The molecular weight excluding hydrogens is 253 g/mol. The van der Waals surface area contributed by atoms with Gasteiger partial charge in [0.15, 0.2) is 0 Å². The summed E-state index contributed by atoms with van der Waals surface area (Å²) in [5.74, 6) is -0.480. The number of fused-ring (bicyclic) bond motifs is 1. The van der Waals surface area contributed by atoms with E-state index in [-0.39, 0.29) is 17.8 Å². The van der Waals surface area contributed by atoms with E-state index in [4.69, 9.17) is 0 Å². The Kier molecular flexibility index (Phi) is 3.26. The largest absolute Gasteiger partial charge is 0.345 e. The zero-order valence-corrected chi connectivity index (χ0v) is 11.3. The summed E-state index contributed by atoms with van der Waals surface area (Å²) < 4.78 is 12.9. The Hall–Kier alpha value is -2.16. The Bertz CT molecular complexity index is 649. The fourth-order valence-corrected chi connectivity index (χ4v) is 2.74. The van der Waals surface area contributed by atoms with Crippen molar-refractivity contribution in [2.75, 3.05) is 0 Å². The number of benzene rings is 2. The van der Waals surface area contributed by atoms with E-state index in [2.05, 4.69) is 30.4 Å². The van der Waals surface area contributed by atoms with E-state index in [1.54, 1.807) is 0 Å². The van der Waals surface area contributed by atoms with Gasteiger partial charge in [0, 0.05) is 5.56 Å². The van der Waals surface area contributed by atoms with Crippen molar-refractivity contribution in [2.45, 2.75) is 25.8 Å². The maximum absolute atomic E-state index is 12.9. The number of amides is 1. The van der Waals surface area contributed by atoms with E-state index >= 15 is 0 Å². The molecule has 1 N–H and O–H groups in total. The smallest absolute Gasteiger partial charge is 0.251 e. The van der Waals surface area contributed by atoms with Gasteiger partial charge in [0.05, 0.1) is 6.04 Å². The minimum Gasteiger partial charge on any atom is -0.345 e. The normalized spacial score (nSPS) is 16.8. The summed E-state index contributed by atoms with van der Waals surface area (Å²) in [6, 6.07) is 12.0. The molecule has 20 heavy (non-hydrogen) atoms. The first kappa shape index (κ1) is 12.9. The minimum atomic E-state index is -0.330. The minimum absolute atomic E-state index is 0.0585. The van der Waals surface area contributed by atoms with Crippen molar-refractivity contribution in [1.82, 2.24) is 5.32 Å². The van der Waals surface area contributed by atoms with E-state index in [1.807, 2.05) is 0 Å². The van der Waals surface area contributed by atoms with Gasteiger partial charge in [-0.25, -0.2) is 4.39 Å². The van der Waals surface area contributed by atoms with E-state index < -0.39 is 0 Å². The third-order valence-electron chi connectivity index (χ3n) is 3.79. The van der Waals surface area contributed by atoms with Gasteiger partial charge in [-0.2, -0.15) is 0 Å². The molecule has 0 saturated carbocycles. The quantitative estimate of drug-likeness (QED) is 0.887. The molecule has 1 aliphatic rings. The van der Waals surface area contributed by atoms with Gasteiger partial charge >= 0.3 is 0 Å². The highest BCUT2D eigenvalue weighted by Gasteiger charge is 2.24. The highest BCUT2D eigenvalue weighted by molar-refractivity contribution is 5.94. The van der Waals surface area contributed by atoms with Crippen LogP contribution in [0.1, 0.15) is 39.5 Å². The van der Waals surface area contributed by atoms with Crippen LogP contribution in [0.3, 0.4) is 0 Å². The number of carbonyl (C=O) groups is 1. The Balaban J connectivity index is 1.77. The summed E-state index contributed by atoms with van der Waals surface area (Å²) in [6.45, 7) is 2.07. The van der Waals surface area contributed by atoms with Crippen LogP contribution in [0.5, 0.6) is 0 Å². The van der Waals surface area contributed by atoms with E-state index in [9.17, 15) is 9.18 Å². The monoisotopic (exact) mass is 269 g/mol. The fourth-order valence-electron chi connectivity index (χ4n) is 2.74. The molecule has 2 aromatic carbocycles. The molecule has 3 heteroatoms. The molecule has 1 atom stereocenters. The van der Waals surface area contributed by atoms with Crippen molar-refractivity contribution >= 4 is 5.91 Å². The van der Waals surface area contributed by atoms with Crippen molar-refractivity contribution in [2.24, 2.45) is 0 Å². The van der Waals surface area contributed by atoms with Crippen LogP contribution in [0.25, 0.3) is 0 Å². The molecule has 2 aromatic rings. The highest BCUT2D eigenvalue weighted by atomic mass is 19.1. The molecule has 0 aliphatic heterocycles. The van der Waals surface area contributed by atoms with Crippen molar-refractivity contribution in [3.8, 4) is 0 Å². The number of rotatable bonds is 2. The lowest BCUT2D eigenvalue weighted by Crippen LogP contribution is -2.27. The molecule has 0 saturated heterocycles. The molecule has 1 aliphatic carbocycles. The lowest BCUT2D eigenvalue weighted by molar-refractivity contribution is 0.0936. The fraction of sp³-hybridized carbons (Fsp3) is 0.235. The van der Waals surface area contributed by atoms with E-state index in [1.165, 1.54) is 41.0 Å². The van der Waals surface area contributed by atoms with Crippen molar-refractivity contribution < 1.29 is 9.18 Å². The average Bonchev–Trinajstić information content (AvgIpc) is 2.81. The summed E-state index contributed by atoms with van der Waals surface area (Å²) in [6.07, 6.45) is 1.91. The summed E-state index contributed by atoms with van der Waals surface area (Å²) in [5.41, 5.74) is 4.25. The van der Waals surface area contributed by atoms with Crippen molar-refractivity contribution in [3.63, 3.8) is 0 Å². The zero-order chi connectivity index (χ0) is 14.1. The maximum Gasteiger partial charge on any atom is 0.251 e. The second kappa shape index (κ2) is 5.08. The van der Waals surface area contributed by atoms with Crippen LogP contribution in [-0.2, 0) is 6.42 Å². The van der Waals surface area contributed by atoms with E-state index in [0.29, 0.717) is 5.56 Å². The first-order valence-electron chi connectivity index (χ1n) is 6.79. The van der Waals surface area contributed by atoms with Crippen molar-refractivity contribution in [3.05, 3.63) is 70.5 Å². The molecule has 0 heterocycles. The molecule has 0 aromatic heterocycles. The van der Waals surface area contributed by atoms with Gasteiger partial charge in [0.1, 0.15) is 5.82 Å². The first-order valence-corrected chi connectivity index (χ1v) is 6.79. The van der Waals surface area contributed by atoms with Crippen LogP contribution in [0.2, 0.25) is 0 Å². The van der Waals surface area contributed by atoms with Crippen LogP contribution in [0.15, 0.2) is 42.5 Å². The van der Waals surface area contributed by atoms with Crippen LogP contribution in [-0.4, -0.2) is 5.91 Å². The topological polar surface area (TPSA) is 29.1 Å². The standard InChI is InChI=1S/C17H16FNO/c1-11-2-8-15-13(10-11)5-9-16(15)19-17(20)12-3-6-14(18)7-4-12/h2-4,6-8,10,16H,5,9H2,1H3,(H,19,20)/t16-/m0/s1. The predicted molar refractivity (Wildman–Crippen MR) is 76.1 cm³/mol. The number of hydrogen-bond acceptors (Lipinski definition) is 1. The Morgan fingerprint density at radius 3 is 2.70 bits per heavy atom. The highest BCUT2D eigenvalue weighted by Crippen LogP contribution is 2.31. The molecule has 0 unspecified atom stereocenters. The molecule has 0 bridgehead atoms. The number of hydrogen-bond donors (Lipinski definition) is 1. The summed E-state index contributed by atoms with van der Waals surface area (Å²) in [4.78, 5) is 12.2. The lowest BCUT2D eigenvalue weighted by Gasteiger charge is -2.14. The van der Waals surface area contributed by atoms with E-state index in [0.717, 1.165) is 12.8 Å². The van der Waals surface area contributed by atoms with Gasteiger partial charge in [-0.3, -0.25) is 4.79 Å². The second-order valence-corrected chi connectivity index (χ2v) is 5.27. The van der Waals surface area contributed by atoms with Gasteiger partial charge < -0.3 is 5.32 Å². The molecule has 0 radical (unpaired) electrons. The van der Waals surface area contributed by atoms with Gasteiger partial charge in [-0.1, -0.05) is 23.8 Å². The Labute approximate surface area is 117 Å². The number of carbonyl (C=O) groups excluding carboxylic acids is 1. The second-order valence-electron chi connectivity index (χ2n) is 5.27. The number of aryl methyl sites for hydroxylation is 2. The molecule has 0 spiro atoms. The molecule has 1 amide bonds. The van der Waals surface area contributed by atoms with Crippen molar-refractivity contribution in [1.29, 1.82) is 0 Å². The number of nitrogens with one attached hydrogen (secondary N) is 1. The molecular formula is C17H16FNO. The van der Waals surface area contributed by atoms with Gasteiger partial charge in [-0.15, -0.1) is 0 Å². The maximum atomic E-state index is 12.9. The van der Waals surface area contributed by atoms with Crippen LogP contribution < -0.4 is 5.32 Å². The van der Waals surface area contributed by atoms with Gasteiger partial charge in [0.25, 0.3) is 5.91 Å².